The van der Waals surface area contributed by atoms with Crippen LogP contribution in [0.3, 0.4) is 0 Å². The van der Waals surface area contributed by atoms with E-state index in [-0.39, 0.29) is 30.1 Å². The van der Waals surface area contributed by atoms with Gasteiger partial charge in [-0.15, -0.1) is 0 Å². The van der Waals surface area contributed by atoms with E-state index in [1.54, 1.807) is 6.07 Å². The number of aromatic nitrogens is 5. The topological polar surface area (TPSA) is 129 Å². The number of nitrogens with zero attached hydrogens (tertiary/aromatic N) is 5. The van der Waals surface area contributed by atoms with Crippen LogP contribution in [0.2, 0.25) is 0 Å². The van der Waals surface area contributed by atoms with Gasteiger partial charge in [-0.1, -0.05) is 24.3 Å². The summed E-state index contributed by atoms with van der Waals surface area (Å²) in [4.78, 5) is 50.2. The third-order valence-electron chi connectivity index (χ3n) is 9.99. The van der Waals surface area contributed by atoms with E-state index in [2.05, 4.69) is 56.5 Å². The van der Waals surface area contributed by atoms with E-state index in [0.717, 1.165) is 76.7 Å². The molecule has 5 heterocycles. The number of H-pyrrole nitrogens is 1. The van der Waals surface area contributed by atoms with Gasteiger partial charge in [-0.05, 0) is 98.7 Å². The number of benzene rings is 2. The molecule has 1 saturated heterocycles. The molecule has 1 aliphatic rings. The standard InChI is InChI=1S/C41H40F2N8O2/c1-24-7-5-13-44-36(24)34-9-4-10-35(37-25(2)8-6-14-45-37)51(34)16-15-46-41(53)33-21-32-38(48-23-49-39(32)50-33)27-11-12-28(26(3)17-27)22-47-40(52)29-18-30(42)20-31(43)19-29/h5-8,11-14,17-21,23,34-35H,4,9-10,15-16,22H2,1-3H3,(H,46,53)(H,47,52)(H,48,49,50)/t34-,35+. The molecule has 4 aromatic heterocycles. The number of fused-ring (bicyclic) bond motifs is 1. The summed E-state index contributed by atoms with van der Waals surface area (Å²) in [7, 11) is 0. The molecule has 2 aromatic carbocycles. The Balaban J connectivity index is 1.05. The molecular weight excluding hydrogens is 675 g/mol. The number of hydrogen-bond donors (Lipinski definition) is 3. The van der Waals surface area contributed by atoms with Crippen LogP contribution in [0.1, 0.15) is 85.8 Å². The molecule has 0 radical (unpaired) electrons. The lowest BCUT2D eigenvalue weighted by atomic mass is 9.89. The van der Waals surface area contributed by atoms with Crippen LogP contribution in [-0.2, 0) is 6.54 Å². The molecule has 12 heteroatoms. The number of aryl methyl sites for hydroxylation is 3. The Kier molecular flexibility index (Phi) is 10.3. The highest BCUT2D eigenvalue weighted by Gasteiger charge is 2.35. The summed E-state index contributed by atoms with van der Waals surface area (Å²) in [6, 6.07) is 18.5. The molecule has 1 aliphatic heterocycles. The predicted molar refractivity (Wildman–Crippen MR) is 198 cm³/mol. The summed E-state index contributed by atoms with van der Waals surface area (Å²) in [5, 5.41) is 6.54. The van der Waals surface area contributed by atoms with E-state index in [1.807, 2.05) is 49.6 Å². The summed E-state index contributed by atoms with van der Waals surface area (Å²) in [5.41, 5.74) is 8.40. The van der Waals surface area contributed by atoms with Gasteiger partial charge < -0.3 is 15.6 Å². The normalized spacial score (nSPS) is 16.1. The summed E-state index contributed by atoms with van der Waals surface area (Å²) in [6.45, 7) is 7.30. The van der Waals surface area contributed by atoms with Crippen molar-refractivity contribution in [2.75, 3.05) is 13.1 Å². The maximum absolute atomic E-state index is 13.6. The minimum atomic E-state index is -0.815. The number of pyridine rings is 2. The van der Waals surface area contributed by atoms with E-state index >= 15 is 0 Å². The van der Waals surface area contributed by atoms with Crippen molar-refractivity contribution in [3.8, 4) is 11.3 Å². The van der Waals surface area contributed by atoms with Crippen molar-refractivity contribution in [2.45, 2.75) is 58.7 Å². The highest BCUT2D eigenvalue weighted by Crippen LogP contribution is 2.41. The maximum atomic E-state index is 13.6. The summed E-state index contributed by atoms with van der Waals surface area (Å²) >= 11 is 0. The van der Waals surface area contributed by atoms with E-state index in [9.17, 15) is 18.4 Å². The van der Waals surface area contributed by atoms with Crippen LogP contribution >= 0.6 is 0 Å². The fourth-order valence-corrected chi connectivity index (χ4v) is 7.34. The Hall–Kier alpha value is -5.88. The average Bonchev–Trinajstić information content (AvgIpc) is 3.59. The lowest BCUT2D eigenvalue weighted by molar-refractivity contribution is 0.0737. The number of rotatable bonds is 10. The van der Waals surface area contributed by atoms with Crippen molar-refractivity contribution < 1.29 is 18.4 Å². The number of hydrogen-bond acceptors (Lipinski definition) is 7. The first-order valence-corrected chi connectivity index (χ1v) is 17.7. The molecule has 0 aliphatic carbocycles. The molecule has 53 heavy (non-hydrogen) atoms. The summed E-state index contributed by atoms with van der Waals surface area (Å²) < 4.78 is 27.2. The Morgan fingerprint density at radius 3 is 2.11 bits per heavy atom. The smallest absolute Gasteiger partial charge is 0.267 e. The zero-order chi connectivity index (χ0) is 37.1. The van der Waals surface area contributed by atoms with Crippen LogP contribution in [0.25, 0.3) is 22.3 Å². The van der Waals surface area contributed by atoms with Gasteiger partial charge in [0, 0.05) is 54.6 Å². The van der Waals surface area contributed by atoms with Crippen molar-refractivity contribution in [3.63, 3.8) is 0 Å². The van der Waals surface area contributed by atoms with E-state index < -0.39 is 17.5 Å². The molecule has 0 spiro atoms. The third kappa shape index (κ3) is 7.68. The second-order valence-electron chi connectivity index (χ2n) is 13.5. The molecule has 3 N–H and O–H groups in total. The van der Waals surface area contributed by atoms with Crippen molar-refractivity contribution in [2.24, 2.45) is 0 Å². The fourth-order valence-electron chi connectivity index (χ4n) is 7.34. The molecular formula is C41H40F2N8O2. The second kappa shape index (κ2) is 15.4. The highest BCUT2D eigenvalue weighted by atomic mass is 19.1. The van der Waals surface area contributed by atoms with Gasteiger partial charge in [-0.2, -0.15) is 0 Å². The zero-order valence-corrected chi connectivity index (χ0v) is 29.8. The molecule has 6 aromatic rings. The zero-order valence-electron chi connectivity index (χ0n) is 29.8. The van der Waals surface area contributed by atoms with Gasteiger partial charge in [-0.25, -0.2) is 18.7 Å². The molecule has 2 amide bonds. The van der Waals surface area contributed by atoms with Crippen molar-refractivity contribution in [3.05, 3.63) is 142 Å². The molecule has 10 nitrogen and oxygen atoms in total. The summed E-state index contributed by atoms with van der Waals surface area (Å²) in [5.74, 6) is -2.46. The molecule has 0 saturated carbocycles. The number of nitrogens with one attached hydrogen (secondary N) is 3. The van der Waals surface area contributed by atoms with Crippen LogP contribution in [0.4, 0.5) is 8.78 Å². The Labute approximate surface area is 306 Å². The number of halogens is 2. The number of aromatic amines is 1. The predicted octanol–water partition coefficient (Wildman–Crippen LogP) is 7.25. The van der Waals surface area contributed by atoms with Crippen LogP contribution in [0.15, 0.2) is 85.5 Å². The number of carbonyl (C=O) groups is 2. The number of amides is 2. The lowest BCUT2D eigenvalue weighted by Crippen LogP contribution is -2.42. The molecule has 0 bridgehead atoms. The van der Waals surface area contributed by atoms with Crippen LogP contribution < -0.4 is 10.6 Å². The highest BCUT2D eigenvalue weighted by molar-refractivity contribution is 6.00. The van der Waals surface area contributed by atoms with Crippen LogP contribution in [0.5, 0.6) is 0 Å². The second-order valence-corrected chi connectivity index (χ2v) is 13.5. The van der Waals surface area contributed by atoms with E-state index in [1.165, 1.54) is 6.33 Å². The van der Waals surface area contributed by atoms with Gasteiger partial charge in [0.2, 0.25) is 0 Å². The monoisotopic (exact) mass is 714 g/mol. The molecule has 270 valence electrons. The molecule has 1 fully saturated rings. The fraction of sp³-hybridized carbons (Fsp3) is 0.268. The minimum absolute atomic E-state index is 0.0912. The van der Waals surface area contributed by atoms with Crippen LogP contribution in [-0.4, -0.2) is 54.7 Å². The van der Waals surface area contributed by atoms with Gasteiger partial charge in [0.1, 0.15) is 29.3 Å². The van der Waals surface area contributed by atoms with Gasteiger partial charge in [0.05, 0.1) is 29.2 Å². The number of piperidine rings is 1. The van der Waals surface area contributed by atoms with Gasteiger partial charge in [0.25, 0.3) is 11.8 Å². The van der Waals surface area contributed by atoms with Crippen molar-refractivity contribution in [1.29, 1.82) is 0 Å². The van der Waals surface area contributed by atoms with Crippen molar-refractivity contribution >= 4 is 22.8 Å². The Morgan fingerprint density at radius 1 is 0.792 bits per heavy atom. The van der Waals surface area contributed by atoms with E-state index in [0.29, 0.717) is 35.5 Å². The SMILES string of the molecule is Cc1cc(-c2ncnc3[nH]c(C(=O)NCCN4[C@@H](c5ncccc5C)CCC[C@H]4c4ncccc4C)cc23)ccc1CNC(=O)c1cc(F)cc(F)c1. The molecule has 2 atom stereocenters. The first-order chi connectivity index (χ1) is 25.7. The molecule has 7 rings (SSSR count). The lowest BCUT2D eigenvalue weighted by Gasteiger charge is -2.42. The number of carbonyl (C=O) groups excluding carboxylic acids is 2. The first kappa shape index (κ1) is 35.5. The van der Waals surface area contributed by atoms with Gasteiger partial charge in [0.15, 0.2) is 0 Å². The first-order valence-electron chi connectivity index (χ1n) is 17.7. The summed E-state index contributed by atoms with van der Waals surface area (Å²) in [6.07, 6.45) is 8.16. The Morgan fingerprint density at radius 2 is 1.47 bits per heavy atom. The quantitative estimate of drug-likeness (QED) is 0.136. The maximum Gasteiger partial charge on any atom is 0.267 e. The van der Waals surface area contributed by atoms with E-state index in [4.69, 9.17) is 9.97 Å². The van der Waals surface area contributed by atoms with Gasteiger partial charge in [-0.3, -0.25) is 24.5 Å². The largest absolute Gasteiger partial charge is 0.349 e. The minimum Gasteiger partial charge on any atom is -0.349 e. The van der Waals surface area contributed by atoms with Crippen LogP contribution in [0, 0.1) is 32.4 Å². The van der Waals surface area contributed by atoms with Crippen molar-refractivity contribution in [1.82, 2.24) is 40.5 Å². The van der Waals surface area contributed by atoms with Gasteiger partial charge >= 0.3 is 0 Å². The molecule has 0 unspecified atom stereocenters. The third-order valence-corrected chi connectivity index (χ3v) is 9.99. The average molecular weight is 715 g/mol. The Bertz CT molecular complexity index is 2230. The number of likely N-dealkylation sites (tertiary alicyclic amines) is 1.